The molecule has 0 aliphatic rings. The van der Waals surface area contributed by atoms with Crippen LogP contribution >= 0.6 is 27.3 Å². The first kappa shape index (κ1) is 14.3. The van der Waals surface area contributed by atoms with Crippen molar-refractivity contribution in [2.24, 2.45) is 0 Å². The molecule has 102 valence electrons. The third kappa shape index (κ3) is 3.68. The summed E-state index contributed by atoms with van der Waals surface area (Å²) < 4.78 is 6.07. The second kappa shape index (κ2) is 6.36. The highest BCUT2D eigenvalue weighted by Crippen LogP contribution is 2.28. The lowest BCUT2D eigenvalue weighted by Gasteiger charge is -2.13. The maximum atomic E-state index is 12.0. The van der Waals surface area contributed by atoms with Crippen LogP contribution in [0.4, 0.5) is 0 Å². The summed E-state index contributed by atoms with van der Waals surface area (Å²) in [4.78, 5) is 12.9. The lowest BCUT2D eigenvalue weighted by atomic mass is 10.1. The maximum Gasteiger partial charge on any atom is 0.228 e. The Morgan fingerprint density at radius 3 is 2.89 bits per heavy atom. The Morgan fingerprint density at radius 1 is 1.53 bits per heavy atom. The summed E-state index contributed by atoms with van der Waals surface area (Å²) >= 11 is 4.90. The zero-order valence-electron chi connectivity index (χ0n) is 10.3. The average molecular weight is 344 g/mol. The molecule has 4 nitrogen and oxygen atoms in total. The number of carbonyl (C=O) groups is 1. The number of amides is 1. The molecule has 19 heavy (non-hydrogen) atoms. The predicted octanol–water partition coefficient (Wildman–Crippen LogP) is 3.06. The summed E-state index contributed by atoms with van der Waals surface area (Å²) in [5.41, 5.74) is 0. The summed E-state index contributed by atoms with van der Waals surface area (Å²) in [5.74, 6) is 0.104. The number of halogens is 1. The van der Waals surface area contributed by atoms with Crippen LogP contribution in [0.3, 0.4) is 0 Å². The molecule has 0 aliphatic carbocycles. The zero-order valence-corrected chi connectivity index (χ0v) is 12.7. The van der Waals surface area contributed by atoms with Crippen molar-refractivity contribution < 1.29 is 14.3 Å². The minimum absolute atomic E-state index is 0.111. The van der Waals surface area contributed by atoms with Crippen LogP contribution in [-0.4, -0.2) is 17.6 Å². The van der Waals surface area contributed by atoms with Crippen molar-refractivity contribution in [3.05, 3.63) is 45.0 Å². The third-order valence-electron chi connectivity index (χ3n) is 2.76. The zero-order chi connectivity index (χ0) is 13.8. The van der Waals surface area contributed by atoms with Gasteiger partial charge in [-0.25, -0.2) is 0 Å². The molecular formula is C13H14BrNO3S. The van der Waals surface area contributed by atoms with Gasteiger partial charge in [-0.05, 0) is 47.1 Å². The summed E-state index contributed by atoms with van der Waals surface area (Å²) in [7, 11) is 0. The van der Waals surface area contributed by atoms with Crippen molar-refractivity contribution in [3.63, 3.8) is 0 Å². The Kier molecular flexibility index (Phi) is 4.79. The number of nitrogens with one attached hydrogen (secondary N) is 1. The fraction of sp³-hybridized carbons (Fsp3) is 0.308. The summed E-state index contributed by atoms with van der Waals surface area (Å²) in [6, 6.07) is 7.21. The molecule has 6 heteroatoms. The topological polar surface area (TPSA) is 62.5 Å². The highest BCUT2D eigenvalue weighted by molar-refractivity contribution is 9.11. The number of hydrogen-bond donors (Lipinski definition) is 2. The fourth-order valence-electron chi connectivity index (χ4n) is 1.62. The second-order valence-corrected chi connectivity index (χ2v) is 6.63. The van der Waals surface area contributed by atoms with E-state index in [9.17, 15) is 9.90 Å². The van der Waals surface area contributed by atoms with Crippen LogP contribution in [0.5, 0.6) is 0 Å². The van der Waals surface area contributed by atoms with E-state index in [1.807, 2.05) is 19.1 Å². The number of hydrogen-bond acceptors (Lipinski definition) is 4. The predicted molar refractivity (Wildman–Crippen MR) is 77.1 cm³/mol. The molecule has 0 radical (unpaired) electrons. The molecule has 0 saturated heterocycles. The monoisotopic (exact) mass is 343 g/mol. The van der Waals surface area contributed by atoms with Gasteiger partial charge in [0.1, 0.15) is 11.9 Å². The quantitative estimate of drug-likeness (QED) is 0.876. The minimum atomic E-state index is -0.818. The Morgan fingerprint density at radius 2 is 2.32 bits per heavy atom. The smallest absolute Gasteiger partial charge is 0.228 e. The molecule has 0 aliphatic heterocycles. The Bertz CT molecular complexity index is 538. The van der Waals surface area contributed by atoms with Crippen LogP contribution in [0.25, 0.3) is 0 Å². The standard InChI is InChI=1S/C13H14BrNO3S/c1-8(11-4-5-12(14)19-11)13(17)15-7-9(16)10-3-2-6-18-10/h2-6,8-9,16H,7H2,1H3,(H,15,17). The number of furan rings is 1. The first-order valence-electron chi connectivity index (χ1n) is 5.82. The molecule has 0 aromatic carbocycles. The van der Waals surface area contributed by atoms with Crippen molar-refractivity contribution in [2.75, 3.05) is 6.54 Å². The van der Waals surface area contributed by atoms with Crippen LogP contribution in [0.15, 0.2) is 38.7 Å². The van der Waals surface area contributed by atoms with Crippen molar-refractivity contribution in [1.82, 2.24) is 5.32 Å². The van der Waals surface area contributed by atoms with Crippen LogP contribution in [-0.2, 0) is 4.79 Å². The first-order valence-corrected chi connectivity index (χ1v) is 7.43. The Balaban J connectivity index is 1.87. The highest BCUT2D eigenvalue weighted by Gasteiger charge is 2.18. The van der Waals surface area contributed by atoms with E-state index < -0.39 is 6.10 Å². The van der Waals surface area contributed by atoms with E-state index in [4.69, 9.17) is 4.42 Å². The Hall–Kier alpha value is -1.11. The van der Waals surface area contributed by atoms with Crippen LogP contribution in [0.1, 0.15) is 29.6 Å². The summed E-state index contributed by atoms with van der Waals surface area (Å²) in [5, 5.41) is 12.5. The minimum Gasteiger partial charge on any atom is -0.467 e. The van der Waals surface area contributed by atoms with E-state index in [1.165, 1.54) is 17.6 Å². The molecule has 2 aromatic heterocycles. The molecular weight excluding hydrogens is 330 g/mol. The second-order valence-electron chi connectivity index (χ2n) is 4.14. The SMILES string of the molecule is CC(C(=O)NCC(O)c1ccco1)c1ccc(Br)s1. The van der Waals surface area contributed by atoms with Gasteiger partial charge in [-0.1, -0.05) is 0 Å². The molecule has 0 fully saturated rings. The van der Waals surface area contributed by atoms with Gasteiger partial charge in [0.2, 0.25) is 5.91 Å². The van der Waals surface area contributed by atoms with Gasteiger partial charge in [-0.3, -0.25) is 4.79 Å². The van der Waals surface area contributed by atoms with Gasteiger partial charge in [-0.2, -0.15) is 0 Å². The van der Waals surface area contributed by atoms with Crippen molar-refractivity contribution >= 4 is 33.2 Å². The Labute approximate surface area is 123 Å². The fourth-order valence-corrected chi connectivity index (χ4v) is 3.10. The average Bonchev–Trinajstić information content (AvgIpc) is 3.05. The third-order valence-corrected chi connectivity index (χ3v) is 4.56. The van der Waals surface area contributed by atoms with E-state index in [-0.39, 0.29) is 18.4 Å². The van der Waals surface area contributed by atoms with Gasteiger partial charge in [0, 0.05) is 4.88 Å². The van der Waals surface area contributed by atoms with E-state index >= 15 is 0 Å². The van der Waals surface area contributed by atoms with Crippen molar-refractivity contribution in [1.29, 1.82) is 0 Å². The van der Waals surface area contributed by atoms with Gasteiger partial charge < -0.3 is 14.8 Å². The number of aliphatic hydroxyl groups is 1. The first-order chi connectivity index (χ1) is 9.08. The van der Waals surface area contributed by atoms with Gasteiger partial charge >= 0.3 is 0 Å². The molecule has 0 saturated carbocycles. The van der Waals surface area contributed by atoms with Gasteiger partial charge in [0.25, 0.3) is 0 Å². The molecule has 2 N–H and O–H groups in total. The molecule has 2 unspecified atom stereocenters. The normalized spacial score (nSPS) is 14.1. The number of thiophene rings is 1. The molecule has 1 amide bonds. The van der Waals surface area contributed by atoms with Gasteiger partial charge in [0.15, 0.2) is 0 Å². The van der Waals surface area contributed by atoms with E-state index in [0.717, 1.165) is 8.66 Å². The van der Waals surface area contributed by atoms with Crippen LogP contribution < -0.4 is 5.32 Å². The lowest BCUT2D eigenvalue weighted by molar-refractivity contribution is -0.122. The number of aliphatic hydroxyl groups excluding tert-OH is 1. The number of carbonyl (C=O) groups excluding carboxylic acids is 1. The molecule has 2 rings (SSSR count). The molecule has 2 atom stereocenters. The van der Waals surface area contributed by atoms with E-state index in [0.29, 0.717) is 5.76 Å². The molecule has 0 bridgehead atoms. The van der Waals surface area contributed by atoms with E-state index in [2.05, 4.69) is 21.2 Å². The van der Waals surface area contributed by atoms with Crippen molar-refractivity contribution in [2.45, 2.75) is 18.9 Å². The van der Waals surface area contributed by atoms with Crippen LogP contribution in [0.2, 0.25) is 0 Å². The van der Waals surface area contributed by atoms with E-state index in [1.54, 1.807) is 12.1 Å². The lowest BCUT2D eigenvalue weighted by Crippen LogP contribution is -2.31. The van der Waals surface area contributed by atoms with Crippen LogP contribution in [0, 0.1) is 0 Å². The molecule has 2 aromatic rings. The van der Waals surface area contributed by atoms with Crippen molar-refractivity contribution in [3.8, 4) is 0 Å². The highest BCUT2D eigenvalue weighted by atomic mass is 79.9. The molecule has 2 heterocycles. The summed E-state index contributed by atoms with van der Waals surface area (Å²) in [6.07, 6.45) is 0.674. The van der Waals surface area contributed by atoms with Gasteiger partial charge in [-0.15, -0.1) is 11.3 Å². The maximum absolute atomic E-state index is 12.0. The van der Waals surface area contributed by atoms with Gasteiger partial charge in [0.05, 0.1) is 22.5 Å². The molecule has 0 spiro atoms. The summed E-state index contributed by atoms with van der Waals surface area (Å²) in [6.45, 7) is 1.98. The number of rotatable bonds is 5. The largest absolute Gasteiger partial charge is 0.467 e.